The fraction of sp³-hybridized carbons (Fsp3) is 0.366. The van der Waals surface area contributed by atoms with Crippen molar-refractivity contribution < 1.29 is 33.4 Å². The Hall–Kier alpha value is -6.42. The number of nitrogens with one attached hydrogen (secondary N) is 1. The van der Waals surface area contributed by atoms with E-state index in [-0.39, 0.29) is 29.5 Å². The predicted molar refractivity (Wildman–Crippen MR) is 208 cm³/mol. The number of unbranched alkanes of at least 4 members (excludes halogenated alkanes) is 2. The number of methoxy groups -OCH3 is 2. The number of hydrogen-bond donors (Lipinski definition) is 1. The van der Waals surface area contributed by atoms with Crippen LogP contribution in [-0.2, 0) is 36.1 Å². The molecule has 0 aliphatic carbocycles. The van der Waals surface area contributed by atoms with Crippen LogP contribution in [0.25, 0.3) is 21.9 Å². The zero-order valence-electron chi connectivity index (χ0n) is 32.3. The molecule has 5 heterocycles. The van der Waals surface area contributed by atoms with Crippen molar-refractivity contribution in [1.29, 1.82) is 0 Å². The second-order valence-corrected chi connectivity index (χ2v) is 14.3. The zero-order valence-corrected chi connectivity index (χ0v) is 32.3. The third-order valence-corrected chi connectivity index (χ3v) is 10.4. The maximum atomic E-state index is 13.1. The van der Waals surface area contributed by atoms with E-state index in [0.717, 1.165) is 58.5 Å². The third-order valence-electron chi connectivity index (χ3n) is 10.4. The first kappa shape index (κ1) is 38.8. The second-order valence-electron chi connectivity index (χ2n) is 14.3. The minimum atomic E-state index is -1.01. The SMILES string of the molecule is COc1cc(-c2cn(C)c(=O)c3cnccc23)cc(OC)c1CN(C)CCc1cn(CCCCCOc2ccc3c(c2)C(=O)N(C2CCC(=O)NC2=O)C3=O)nn1. The molecule has 1 atom stereocenters. The highest BCUT2D eigenvalue weighted by atomic mass is 16.5. The van der Waals surface area contributed by atoms with Crippen LogP contribution in [0.3, 0.4) is 0 Å². The fourth-order valence-electron chi connectivity index (χ4n) is 7.34. The van der Waals surface area contributed by atoms with Crippen molar-refractivity contribution >= 4 is 34.4 Å². The van der Waals surface area contributed by atoms with E-state index in [1.165, 1.54) is 6.07 Å². The summed E-state index contributed by atoms with van der Waals surface area (Å²) in [6, 6.07) is 9.51. The molecule has 7 rings (SSSR count). The highest BCUT2D eigenvalue weighted by Crippen LogP contribution is 2.38. The lowest BCUT2D eigenvalue weighted by molar-refractivity contribution is -0.136. The number of amides is 4. The normalized spacial score (nSPS) is 15.4. The molecule has 0 saturated carbocycles. The highest BCUT2D eigenvalue weighted by Gasteiger charge is 2.44. The molecular formula is C41H44N8O8. The van der Waals surface area contributed by atoms with Gasteiger partial charge in [0.15, 0.2) is 0 Å². The maximum Gasteiger partial charge on any atom is 0.262 e. The second kappa shape index (κ2) is 16.8. The number of ether oxygens (including phenoxy) is 3. The molecule has 0 radical (unpaired) electrons. The van der Waals surface area contributed by atoms with Crippen LogP contribution in [0.1, 0.15) is 64.1 Å². The van der Waals surface area contributed by atoms with E-state index in [2.05, 4.69) is 25.5 Å². The van der Waals surface area contributed by atoms with Crippen LogP contribution < -0.4 is 25.1 Å². The number of carbonyl (C=O) groups excluding carboxylic acids is 4. The lowest BCUT2D eigenvalue weighted by atomic mass is 9.99. The standard InChI is InChI=1S/C41H44N8O8/c1-46(23-33-35(55-3)18-25(19-36(33)56-4)32-24-47(2)39(52)31-21-42-14-12-28(31)32)16-13-26-22-48(45-44-26)15-6-5-7-17-57-27-8-9-29-30(20-27)41(54)49(40(29)53)34-10-11-37(50)43-38(34)51/h8-9,12,14,18-22,24,34H,5-7,10-11,13,15-17,23H2,1-4H3,(H,43,50,51). The molecular weight excluding hydrogens is 732 g/mol. The molecule has 1 fully saturated rings. The van der Waals surface area contributed by atoms with E-state index in [9.17, 15) is 24.0 Å². The topological polar surface area (TPSA) is 180 Å². The fourth-order valence-corrected chi connectivity index (χ4v) is 7.34. The molecule has 296 valence electrons. The molecule has 2 aliphatic heterocycles. The van der Waals surface area contributed by atoms with Gasteiger partial charge in [-0.2, -0.15) is 0 Å². The van der Waals surface area contributed by atoms with Crippen molar-refractivity contribution in [2.45, 2.75) is 57.7 Å². The Balaban J connectivity index is 0.869. The lowest BCUT2D eigenvalue weighted by Gasteiger charge is -2.27. The first-order valence-corrected chi connectivity index (χ1v) is 18.8. The average Bonchev–Trinajstić information content (AvgIpc) is 3.77. The van der Waals surface area contributed by atoms with E-state index in [0.29, 0.717) is 48.8 Å². The molecule has 16 nitrogen and oxygen atoms in total. The maximum absolute atomic E-state index is 13.1. The van der Waals surface area contributed by atoms with Gasteiger partial charge in [0, 0.05) is 69.9 Å². The summed E-state index contributed by atoms with van der Waals surface area (Å²) in [5, 5.41) is 12.2. The molecule has 1 unspecified atom stereocenters. The van der Waals surface area contributed by atoms with Gasteiger partial charge in [0.25, 0.3) is 17.4 Å². The Kier molecular flexibility index (Phi) is 11.4. The molecule has 2 aliphatic rings. The van der Waals surface area contributed by atoms with Gasteiger partial charge in [-0.25, -0.2) is 0 Å². The zero-order chi connectivity index (χ0) is 40.2. The van der Waals surface area contributed by atoms with Crippen molar-refractivity contribution in [2.75, 3.05) is 34.4 Å². The molecule has 0 spiro atoms. The molecule has 2 aromatic carbocycles. The third kappa shape index (κ3) is 8.12. The molecule has 1 saturated heterocycles. The van der Waals surface area contributed by atoms with Crippen LogP contribution in [0.4, 0.5) is 0 Å². The average molecular weight is 777 g/mol. The van der Waals surface area contributed by atoms with Gasteiger partial charge < -0.3 is 23.7 Å². The van der Waals surface area contributed by atoms with Crippen LogP contribution in [0, 0.1) is 0 Å². The number of aromatic nitrogens is 5. The van der Waals surface area contributed by atoms with Gasteiger partial charge >= 0.3 is 0 Å². The summed E-state index contributed by atoms with van der Waals surface area (Å²) in [5.74, 6) is -0.336. The number of carbonyl (C=O) groups is 4. The number of imide groups is 2. The van der Waals surface area contributed by atoms with Gasteiger partial charge in [-0.3, -0.25) is 43.9 Å². The van der Waals surface area contributed by atoms with Crippen LogP contribution in [0.2, 0.25) is 0 Å². The van der Waals surface area contributed by atoms with E-state index >= 15 is 0 Å². The summed E-state index contributed by atoms with van der Waals surface area (Å²) in [7, 11) is 7.03. The lowest BCUT2D eigenvalue weighted by Crippen LogP contribution is -2.54. The number of pyridine rings is 2. The van der Waals surface area contributed by atoms with E-state index < -0.39 is 29.7 Å². The van der Waals surface area contributed by atoms with Crippen LogP contribution in [0.5, 0.6) is 17.2 Å². The van der Waals surface area contributed by atoms with Gasteiger partial charge in [-0.15, -0.1) is 5.10 Å². The number of hydrogen-bond acceptors (Lipinski definition) is 12. The largest absolute Gasteiger partial charge is 0.496 e. The molecule has 5 aromatic rings. The Morgan fingerprint density at radius 1 is 0.895 bits per heavy atom. The van der Waals surface area contributed by atoms with Crippen LogP contribution in [0.15, 0.2) is 66.0 Å². The first-order chi connectivity index (χ1) is 27.6. The molecule has 57 heavy (non-hydrogen) atoms. The van der Waals surface area contributed by atoms with Crippen molar-refractivity contribution in [1.82, 2.24) is 39.7 Å². The van der Waals surface area contributed by atoms with Gasteiger partial charge in [-0.1, -0.05) is 5.21 Å². The molecule has 3 aromatic heterocycles. The quantitative estimate of drug-likeness (QED) is 0.114. The number of likely N-dealkylation sites (N-methyl/N-ethyl adjacent to an activating group) is 1. The van der Waals surface area contributed by atoms with Gasteiger partial charge in [0.2, 0.25) is 11.8 Å². The number of rotatable bonds is 16. The van der Waals surface area contributed by atoms with Gasteiger partial charge in [0.1, 0.15) is 23.3 Å². The van der Waals surface area contributed by atoms with Gasteiger partial charge in [0.05, 0.1) is 48.6 Å². The molecule has 1 N–H and O–H groups in total. The summed E-state index contributed by atoms with van der Waals surface area (Å²) < 4.78 is 21.0. The van der Waals surface area contributed by atoms with Gasteiger partial charge in [-0.05, 0) is 80.1 Å². The Bertz CT molecular complexity index is 2400. The molecule has 16 heteroatoms. The van der Waals surface area contributed by atoms with Crippen molar-refractivity contribution in [3.05, 3.63) is 93.9 Å². The minimum absolute atomic E-state index is 0.0672. The summed E-state index contributed by atoms with van der Waals surface area (Å²) in [4.78, 5) is 69.9. The monoisotopic (exact) mass is 776 g/mol. The smallest absolute Gasteiger partial charge is 0.262 e. The van der Waals surface area contributed by atoms with Crippen molar-refractivity contribution in [3.63, 3.8) is 0 Å². The van der Waals surface area contributed by atoms with Crippen molar-refractivity contribution in [3.8, 4) is 28.4 Å². The van der Waals surface area contributed by atoms with Crippen molar-refractivity contribution in [2.24, 2.45) is 7.05 Å². The Morgan fingerprint density at radius 3 is 2.42 bits per heavy atom. The first-order valence-electron chi connectivity index (χ1n) is 18.8. The Morgan fingerprint density at radius 2 is 1.67 bits per heavy atom. The number of piperidine rings is 1. The molecule has 4 amide bonds. The predicted octanol–water partition coefficient (Wildman–Crippen LogP) is 3.53. The number of benzene rings is 2. The van der Waals surface area contributed by atoms with Crippen LogP contribution in [-0.4, -0.2) is 98.4 Å². The minimum Gasteiger partial charge on any atom is -0.496 e. The molecule has 0 bridgehead atoms. The Labute approximate surface area is 328 Å². The summed E-state index contributed by atoms with van der Waals surface area (Å²) in [5.41, 5.74) is 3.83. The summed E-state index contributed by atoms with van der Waals surface area (Å²) >= 11 is 0. The number of fused-ring (bicyclic) bond motifs is 2. The highest BCUT2D eigenvalue weighted by molar-refractivity contribution is 6.23. The van der Waals surface area contributed by atoms with Crippen LogP contribution >= 0.6 is 0 Å². The van der Waals surface area contributed by atoms with E-state index in [1.54, 1.807) is 50.4 Å². The van der Waals surface area contributed by atoms with E-state index in [1.807, 2.05) is 42.3 Å². The summed E-state index contributed by atoms with van der Waals surface area (Å²) in [6.45, 7) is 2.42. The number of aryl methyl sites for hydroxylation is 2. The number of nitrogens with zero attached hydrogens (tertiary/aromatic N) is 7. The van der Waals surface area contributed by atoms with E-state index in [4.69, 9.17) is 14.2 Å². The summed E-state index contributed by atoms with van der Waals surface area (Å²) in [6.07, 6.45) is 10.4.